The molecule has 1 aliphatic rings. The van der Waals surface area contributed by atoms with Crippen LogP contribution < -0.4 is 10.6 Å². The van der Waals surface area contributed by atoms with Crippen LogP contribution in [0.25, 0.3) is 11.4 Å². The number of halogens is 1. The quantitative estimate of drug-likeness (QED) is 0.419. The molecule has 0 unspecified atom stereocenters. The van der Waals surface area contributed by atoms with Gasteiger partial charge in [0.15, 0.2) is 5.96 Å². The average molecular weight is 405 g/mol. The second kappa shape index (κ2) is 10.4. The molecule has 2 N–H and O–H groups in total. The maximum absolute atomic E-state index is 6.01. The summed E-state index contributed by atoms with van der Waals surface area (Å²) >= 11 is 6.01. The van der Waals surface area contributed by atoms with Gasteiger partial charge in [0.05, 0.1) is 6.54 Å². The summed E-state index contributed by atoms with van der Waals surface area (Å²) in [5, 5.41) is 11.2. The Morgan fingerprint density at radius 1 is 1.32 bits per heavy atom. The number of benzene rings is 1. The van der Waals surface area contributed by atoms with Gasteiger partial charge in [0.2, 0.25) is 11.7 Å². The monoisotopic (exact) mass is 404 g/mol. The largest absolute Gasteiger partial charge is 0.356 e. The van der Waals surface area contributed by atoms with Crippen LogP contribution in [0.15, 0.2) is 33.8 Å². The number of rotatable bonds is 7. The van der Waals surface area contributed by atoms with Crippen LogP contribution in [0.5, 0.6) is 0 Å². The topological polar surface area (TPSA) is 78.6 Å². The molecule has 1 aliphatic heterocycles. The SMILES string of the molecule is CN=C(NCCCN1CCC(C)CC1)NCc1nc(-c2cccc(Cl)c2)no1. The van der Waals surface area contributed by atoms with E-state index in [4.69, 9.17) is 16.1 Å². The Morgan fingerprint density at radius 2 is 2.14 bits per heavy atom. The zero-order chi connectivity index (χ0) is 19.8. The minimum Gasteiger partial charge on any atom is -0.356 e. The van der Waals surface area contributed by atoms with Crippen molar-refractivity contribution in [2.75, 3.05) is 33.2 Å². The van der Waals surface area contributed by atoms with Crippen molar-refractivity contribution in [1.29, 1.82) is 0 Å². The van der Waals surface area contributed by atoms with Crippen LogP contribution in [-0.2, 0) is 6.54 Å². The van der Waals surface area contributed by atoms with E-state index in [2.05, 4.69) is 37.6 Å². The number of aliphatic imine (C=N–C) groups is 1. The van der Waals surface area contributed by atoms with Gasteiger partial charge in [-0.25, -0.2) is 0 Å². The summed E-state index contributed by atoms with van der Waals surface area (Å²) in [4.78, 5) is 11.2. The number of piperidine rings is 1. The molecule has 8 heteroatoms. The van der Waals surface area contributed by atoms with Gasteiger partial charge < -0.3 is 20.1 Å². The number of nitrogens with zero attached hydrogens (tertiary/aromatic N) is 4. The maximum Gasteiger partial charge on any atom is 0.246 e. The van der Waals surface area contributed by atoms with Crippen LogP contribution in [0, 0.1) is 5.92 Å². The van der Waals surface area contributed by atoms with Gasteiger partial charge in [-0.15, -0.1) is 0 Å². The van der Waals surface area contributed by atoms with E-state index in [0.29, 0.717) is 23.3 Å². The van der Waals surface area contributed by atoms with Crippen molar-refractivity contribution in [1.82, 2.24) is 25.7 Å². The van der Waals surface area contributed by atoms with Crippen molar-refractivity contribution in [2.24, 2.45) is 10.9 Å². The lowest BCUT2D eigenvalue weighted by Gasteiger charge is -2.30. The number of hydrogen-bond donors (Lipinski definition) is 2. The van der Waals surface area contributed by atoms with E-state index < -0.39 is 0 Å². The molecule has 7 nitrogen and oxygen atoms in total. The van der Waals surface area contributed by atoms with Gasteiger partial charge in [0.1, 0.15) is 0 Å². The molecule has 0 radical (unpaired) electrons. The van der Waals surface area contributed by atoms with E-state index in [9.17, 15) is 0 Å². The molecule has 0 aliphatic carbocycles. The molecule has 2 aromatic rings. The van der Waals surface area contributed by atoms with E-state index >= 15 is 0 Å². The molecule has 0 amide bonds. The molecular weight excluding hydrogens is 376 g/mol. The minimum absolute atomic E-state index is 0.414. The minimum atomic E-state index is 0.414. The summed E-state index contributed by atoms with van der Waals surface area (Å²) in [5.74, 6) is 2.63. The first-order valence-electron chi connectivity index (χ1n) is 9.89. The van der Waals surface area contributed by atoms with Crippen molar-refractivity contribution in [3.63, 3.8) is 0 Å². The Morgan fingerprint density at radius 3 is 2.89 bits per heavy atom. The fourth-order valence-electron chi connectivity index (χ4n) is 3.25. The van der Waals surface area contributed by atoms with Crippen molar-refractivity contribution in [2.45, 2.75) is 32.7 Å². The Bertz CT molecular complexity index is 770. The first kappa shape index (κ1) is 20.6. The van der Waals surface area contributed by atoms with Gasteiger partial charge in [0, 0.05) is 24.2 Å². The zero-order valence-corrected chi connectivity index (χ0v) is 17.4. The molecule has 2 heterocycles. The van der Waals surface area contributed by atoms with Crippen LogP contribution in [0.4, 0.5) is 0 Å². The smallest absolute Gasteiger partial charge is 0.246 e. The standard InChI is InChI=1S/C20H29ClN6O/c1-15-7-11-27(12-8-15)10-4-9-23-20(22-2)24-14-18-25-19(26-28-18)16-5-3-6-17(21)13-16/h3,5-6,13,15H,4,7-12,14H2,1-2H3,(H2,22,23,24). The van der Waals surface area contributed by atoms with Crippen molar-refractivity contribution >= 4 is 17.6 Å². The molecule has 0 atom stereocenters. The van der Waals surface area contributed by atoms with E-state index in [-0.39, 0.29) is 0 Å². The summed E-state index contributed by atoms with van der Waals surface area (Å²) in [6.45, 7) is 7.21. The Hall–Kier alpha value is -2.12. The molecule has 1 fully saturated rings. The Balaban J connectivity index is 1.38. The number of nitrogens with one attached hydrogen (secondary N) is 2. The number of guanidine groups is 1. The Kier molecular flexibility index (Phi) is 7.68. The van der Waals surface area contributed by atoms with Gasteiger partial charge >= 0.3 is 0 Å². The molecule has 152 valence electrons. The molecule has 1 saturated heterocycles. The van der Waals surface area contributed by atoms with E-state index in [0.717, 1.165) is 37.0 Å². The summed E-state index contributed by atoms with van der Waals surface area (Å²) in [6, 6.07) is 7.39. The molecule has 0 bridgehead atoms. The van der Waals surface area contributed by atoms with Gasteiger partial charge in [-0.2, -0.15) is 4.98 Å². The number of aromatic nitrogens is 2. The van der Waals surface area contributed by atoms with Crippen LogP contribution >= 0.6 is 11.6 Å². The molecule has 3 rings (SSSR count). The summed E-state index contributed by atoms with van der Waals surface area (Å²) in [6.07, 6.45) is 3.73. The fourth-order valence-corrected chi connectivity index (χ4v) is 3.44. The average Bonchev–Trinajstić information content (AvgIpc) is 3.18. The Labute approximate surface area is 171 Å². The second-order valence-electron chi connectivity index (χ2n) is 7.25. The first-order valence-corrected chi connectivity index (χ1v) is 10.3. The lowest BCUT2D eigenvalue weighted by atomic mass is 9.99. The number of hydrogen-bond acceptors (Lipinski definition) is 5. The van der Waals surface area contributed by atoms with E-state index in [1.54, 1.807) is 7.05 Å². The van der Waals surface area contributed by atoms with Crippen molar-refractivity contribution in [3.05, 3.63) is 35.2 Å². The summed E-state index contributed by atoms with van der Waals surface area (Å²) in [5.41, 5.74) is 0.831. The molecular formula is C20H29ClN6O. The third-order valence-electron chi connectivity index (χ3n) is 5.00. The van der Waals surface area contributed by atoms with E-state index in [1.807, 2.05) is 24.3 Å². The highest BCUT2D eigenvalue weighted by atomic mass is 35.5. The molecule has 28 heavy (non-hydrogen) atoms. The lowest BCUT2D eigenvalue weighted by molar-refractivity contribution is 0.191. The van der Waals surface area contributed by atoms with Gasteiger partial charge in [0.25, 0.3) is 0 Å². The van der Waals surface area contributed by atoms with Gasteiger partial charge in [-0.05, 0) is 56.9 Å². The third-order valence-corrected chi connectivity index (χ3v) is 5.24. The van der Waals surface area contributed by atoms with Gasteiger partial charge in [-0.1, -0.05) is 35.8 Å². The summed E-state index contributed by atoms with van der Waals surface area (Å²) < 4.78 is 5.31. The molecule has 1 aromatic heterocycles. The van der Waals surface area contributed by atoms with E-state index in [1.165, 1.54) is 25.9 Å². The molecule has 0 saturated carbocycles. The highest BCUT2D eigenvalue weighted by molar-refractivity contribution is 6.30. The molecule has 1 aromatic carbocycles. The lowest BCUT2D eigenvalue weighted by Crippen LogP contribution is -2.39. The highest BCUT2D eigenvalue weighted by Crippen LogP contribution is 2.19. The fraction of sp³-hybridized carbons (Fsp3) is 0.550. The highest BCUT2D eigenvalue weighted by Gasteiger charge is 2.15. The van der Waals surface area contributed by atoms with Crippen molar-refractivity contribution < 1.29 is 4.52 Å². The third kappa shape index (κ3) is 6.21. The predicted molar refractivity (Wildman–Crippen MR) is 112 cm³/mol. The number of likely N-dealkylation sites (tertiary alicyclic amines) is 1. The van der Waals surface area contributed by atoms with Crippen LogP contribution in [0.1, 0.15) is 32.1 Å². The van der Waals surface area contributed by atoms with Crippen LogP contribution in [-0.4, -0.2) is 54.2 Å². The zero-order valence-electron chi connectivity index (χ0n) is 16.6. The van der Waals surface area contributed by atoms with Crippen LogP contribution in [0.3, 0.4) is 0 Å². The first-order chi connectivity index (χ1) is 13.6. The summed E-state index contributed by atoms with van der Waals surface area (Å²) in [7, 11) is 1.76. The van der Waals surface area contributed by atoms with Gasteiger partial charge in [-0.3, -0.25) is 4.99 Å². The van der Waals surface area contributed by atoms with Crippen molar-refractivity contribution in [3.8, 4) is 11.4 Å². The predicted octanol–water partition coefficient (Wildman–Crippen LogP) is 3.18. The second-order valence-corrected chi connectivity index (χ2v) is 7.69. The molecule has 0 spiro atoms. The van der Waals surface area contributed by atoms with Crippen LogP contribution in [0.2, 0.25) is 5.02 Å². The normalized spacial score (nSPS) is 16.3. The maximum atomic E-state index is 6.01.